The number of azo groups is 1. The van der Waals surface area contributed by atoms with Gasteiger partial charge in [-0.15, -0.1) is 0 Å². The van der Waals surface area contributed by atoms with Crippen LogP contribution >= 0.6 is 0 Å². The minimum atomic E-state index is -0.485. The number of nitrogen functional groups attached to an aromatic ring is 1. The van der Waals surface area contributed by atoms with Crippen molar-refractivity contribution in [2.45, 2.75) is 32.8 Å². The Hall–Kier alpha value is -2.89. The predicted octanol–water partition coefficient (Wildman–Crippen LogP) is 4.75. The Morgan fingerprint density at radius 3 is 2.04 bits per heavy atom. The first-order valence-electron chi connectivity index (χ1n) is 8.15. The molecule has 0 aliphatic carbocycles. The molecule has 2 aromatic carbocycles. The van der Waals surface area contributed by atoms with Crippen LogP contribution in [0.3, 0.4) is 0 Å². The molecular weight excluding hydrogens is 316 g/mol. The van der Waals surface area contributed by atoms with E-state index in [0.29, 0.717) is 18.7 Å². The first-order valence-corrected chi connectivity index (χ1v) is 8.15. The number of carbonyl (C=O) groups is 1. The highest BCUT2D eigenvalue weighted by Crippen LogP contribution is 2.19. The molecule has 0 atom stereocenters. The molecule has 0 saturated carbocycles. The number of hydrogen-bond acceptors (Lipinski definition) is 5. The maximum atomic E-state index is 11.6. The van der Waals surface area contributed by atoms with Gasteiger partial charge in [-0.25, -0.2) is 4.79 Å². The topological polar surface area (TPSA) is 89.1 Å². The standard InChI is InChI=1S/C19H24N4O2/c1-19(2,3)25-18(24)21-13-12-14-4-8-16(9-5-14)22-23-17-10-6-15(20)7-11-17/h4-11H,12-13,20H2,1-3H3,(H,21,24)/b23-22+. The fourth-order valence-electron chi connectivity index (χ4n) is 2.01. The Labute approximate surface area is 148 Å². The van der Waals surface area contributed by atoms with Crippen LogP contribution in [0.15, 0.2) is 58.8 Å². The van der Waals surface area contributed by atoms with Crippen molar-refractivity contribution in [3.63, 3.8) is 0 Å². The van der Waals surface area contributed by atoms with Crippen LogP contribution in [-0.4, -0.2) is 18.2 Å². The molecule has 0 radical (unpaired) electrons. The van der Waals surface area contributed by atoms with Crippen molar-refractivity contribution < 1.29 is 9.53 Å². The number of nitrogens with two attached hydrogens (primary N) is 1. The third-order valence-corrected chi connectivity index (χ3v) is 3.19. The van der Waals surface area contributed by atoms with Gasteiger partial charge in [0.15, 0.2) is 0 Å². The van der Waals surface area contributed by atoms with E-state index in [4.69, 9.17) is 10.5 Å². The van der Waals surface area contributed by atoms with E-state index in [1.165, 1.54) is 0 Å². The SMILES string of the molecule is CC(C)(C)OC(=O)NCCc1ccc(/N=N/c2ccc(N)cc2)cc1. The van der Waals surface area contributed by atoms with E-state index in [-0.39, 0.29) is 0 Å². The minimum absolute atomic E-state index is 0.401. The summed E-state index contributed by atoms with van der Waals surface area (Å²) in [6.45, 7) is 6.03. The number of anilines is 1. The Balaban J connectivity index is 1.81. The van der Waals surface area contributed by atoms with Crippen molar-refractivity contribution in [1.29, 1.82) is 0 Å². The molecule has 0 spiro atoms. The number of benzene rings is 2. The molecule has 0 aliphatic rings. The van der Waals surface area contributed by atoms with E-state index >= 15 is 0 Å². The monoisotopic (exact) mass is 340 g/mol. The van der Waals surface area contributed by atoms with Gasteiger partial charge in [-0.3, -0.25) is 0 Å². The molecule has 6 heteroatoms. The van der Waals surface area contributed by atoms with E-state index in [1.54, 1.807) is 12.1 Å². The largest absolute Gasteiger partial charge is 0.444 e. The number of carbonyl (C=O) groups excluding carboxylic acids is 1. The van der Waals surface area contributed by atoms with Crippen LogP contribution in [0.1, 0.15) is 26.3 Å². The lowest BCUT2D eigenvalue weighted by molar-refractivity contribution is 0.0528. The molecule has 25 heavy (non-hydrogen) atoms. The summed E-state index contributed by atoms with van der Waals surface area (Å²) >= 11 is 0. The first kappa shape index (κ1) is 18.4. The van der Waals surface area contributed by atoms with Crippen LogP contribution in [0.25, 0.3) is 0 Å². The molecule has 2 aromatic rings. The second-order valence-corrected chi connectivity index (χ2v) is 6.64. The van der Waals surface area contributed by atoms with E-state index in [9.17, 15) is 4.79 Å². The van der Waals surface area contributed by atoms with Gasteiger partial charge in [-0.2, -0.15) is 10.2 Å². The maximum absolute atomic E-state index is 11.6. The van der Waals surface area contributed by atoms with Crippen molar-refractivity contribution >= 4 is 23.2 Å². The van der Waals surface area contributed by atoms with Gasteiger partial charge >= 0.3 is 6.09 Å². The van der Waals surface area contributed by atoms with Gasteiger partial charge in [-0.05, 0) is 69.2 Å². The maximum Gasteiger partial charge on any atom is 0.407 e. The van der Waals surface area contributed by atoms with Crippen molar-refractivity contribution in [1.82, 2.24) is 5.32 Å². The Morgan fingerprint density at radius 1 is 1.00 bits per heavy atom. The van der Waals surface area contributed by atoms with E-state index in [1.807, 2.05) is 57.2 Å². The third kappa shape index (κ3) is 7.03. The summed E-state index contributed by atoms with van der Waals surface area (Å²) in [5, 5.41) is 11.1. The summed E-state index contributed by atoms with van der Waals surface area (Å²) < 4.78 is 5.19. The van der Waals surface area contributed by atoms with Crippen molar-refractivity contribution in [3.05, 3.63) is 54.1 Å². The van der Waals surface area contributed by atoms with Crippen molar-refractivity contribution in [2.24, 2.45) is 10.2 Å². The number of ether oxygens (including phenoxy) is 1. The molecule has 2 rings (SSSR count). The minimum Gasteiger partial charge on any atom is -0.444 e. The number of nitrogens with one attached hydrogen (secondary N) is 1. The summed E-state index contributed by atoms with van der Waals surface area (Å²) in [4.78, 5) is 11.6. The third-order valence-electron chi connectivity index (χ3n) is 3.19. The summed E-state index contributed by atoms with van der Waals surface area (Å²) in [5.74, 6) is 0. The molecular formula is C19H24N4O2. The van der Waals surface area contributed by atoms with Gasteiger partial charge in [0.2, 0.25) is 0 Å². The van der Waals surface area contributed by atoms with E-state index in [2.05, 4.69) is 15.5 Å². The second kappa shape index (κ2) is 8.28. The molecule has 0 unspecified atom stereocenters. The lowest BCUT2D eigenvalue weighted by Crippen LogP contribution is -2.33. The number of alkyl carbamates (subject to hydrolysis) is 1. The Bertz CT molecular complexity index is 717. The molecule has 0 bridgehead atoms. The van der Waals surface area contributed by atoms with Gasteiger partial charge < -0.3 is 15.8 Å². The predicted molar refractivity (Wildman–Crippen MR) is 99.4 cm³/mol. The molecule has 0 aliphatic heterocycles. The van der Waals surface area contributed by atoms with Crippen LogP contribution in [0.2, 0.25) is 0 Å². The van der Waals surface area contributed by atoms with Gasteiger partial charge in [0.25, 0.3) is 0 Å². The molecule has 6 nitrogen and oxygen atoms in total. The summed E-state index contributed by atoms with van der Waals surface area (Å²) in [6.07, 6.45) is 0.315. The highest BCUT2D eigenvalue weighted by atomic mass is 16.6. The van der Waals surface area contributed by atoms with Crippen LogP contribution < -0.4 is 11.1 Å². The van der Waals surface area contributed by atoms with Crippen molar-refractivity contribution in [2.75, 3.05) is 12.3 Å². The molecule has 0 aromatic heterocycles. The first-order chi connectivity index (χ1) is 11.8. The smallest absolute Gasteiger partial charge is 0.407 e. The van der Waals surface area contributed by atoms with Gasteiger partial charge in [-0.1, -0.05) is 12.1 Å². The number of nitrogens with zero attached hydrogens (tertiary/aromatic N) is 2. The summed E-state index contributed by atoms with van der Waals surface area (Å²) in [5.41, 5.74) is 8.46. The zero-order valence-electron chi connectivity index (χ0n) is 14.8. The van der Waals surface area contributed by atoms with E-state index < -0.39 is 11.7 Å². The van der Waals surface area contributed by atoms with Crippen LogP contribution in [0.5, 0.6) is 0 Å². The fourth-order valence-corrected chi connectivity index (χ4v) is 2.01. The quantitative estimate of drug-likeness (QED) is 0.608. The molecule has 132 valence electrons. The van der Waals surface area contributed by atoms with Crippen LogP contribution in [0.4, 0.5) is 21.9 Å². The number of rotatable bonds is 5. The molecule has 3 N–H and O–H groups in total. The number of amides is 1. The van der Waals surface area contributed by atoms with Gasteiger partial charge in [0.05, 0.1) is 11.4 Å². The molecule has 1 amide bonds. The van der Waals surface area contributed by atoms with E-state index in [0.717, 1.165) is 16.9 Å². The molecule has 0 saturated heterocycles. The zero-order valence-corrected chi connectivity index (χ0v) is 14.8. The Kier molecular flexibility index (Phi) is 6.11. The normalized spacial score (nSPS) is 11.5. The lowest BCUT2D eigenvalue weighted by Gasteiger charge is -2.19. The van der Waals surface area contributed by atoms with Crippen molar-refractivity contribution in [3.8, 4) is 0 Å². The van der Waals surface area contributed by atoms with Gasteiger partial charge in [0.1, 0.15) is 5.60 Å². The average molecular weight is 340 g/mol. The highest BCUT2D eigenvalue weighted by Gasteiger charge is 2.15. The Morgan fingerprint density at radius 2 is 1.52 bits per heavy atom. The highest BCUT2D eigenvalue weighted by molar-refractivity contribution is 5.67. The summed E-state index contributed by atoms with van der Waals surface area (Å²) in [6, 6.07) is 14.9. The lowest BCUT2D eigenvalue weighted by atomic mass is 10.1. The average Bonchev–Trinajstić information content (AvgIpc) is 2.54. The van der Waals surface area contributed by atoms with Crippen LogP contribution in [0, 0.1) is 0 Å². The van der Waals surface area contributed by atoms with Crippen LogP contribution in [-0.2, 0) is 11.2 Å². The molecule has 0 fully saturated rings. The fraction of sp³-hybridized carbons (Fsp3) is 0.316. The molecule has 0 heterocycles. The second-order valence-electron chi connectivity index (χ2n) is 6.64. The summed E-state index contributed by atoms with van der Waals surface area (Å²) in [7, 11) is 0. The zero-order chi connectivity index (χ0) is 18.3. The van der Waals surface area contributed by atoms with Gasteiger partial charge in [0, 0.05) is 12.2 Å². The number of hydrogen-bond donors (Lipinski definition) is 2.